The van der Waals surface area contributed by atoms with E-state index in [1.807, 2.05) is 84.0 Å². The molecule has 2 bridgehead atoms. The molecule has 0 radical (unpaired) electrons. The number of piperidine rings is 1. The number of nitrogen functional groups attached to an aromatic ring is 1. The first-order chi connectivity index (χ1) is 61.5. The number of fused-ring (bicyclic) bond motifs is 7. The van der Waals surface area contributed by atoms with Crippen LogP contribution in [0.1, 0.15) is 182 Å². The van der Waals surface area contributed by atoms with Crippen molar-refractivity contribution in [2.45, 2.75) is 219 Å². The summed E-state index contributed by atoms with van der Waals surface area (Å²) in [5, 5.41) is 17.9. The number of amides is 4. The smallest absolute Gasteiger partial charge is 0.410 e. The van der Waals surface area contributed by atoms with Gasteiger partial charge < -0.3 is 68.9 Å². The van der Waals surface area contributed by atoms with E-state index in [2.05, 4.69) is 62.8 Å². The van der Waals surface area contributed by atoms with Gasteiger partial charge in [0.2, 0.25) is 23.6 Å². The van der Waals surface area contributed by atoms with E-state index in [0.717, 1.165) is 90.1 Å². The number of Topliss-reactive ketones (excluding diaryl/α,β-unsaturated/α-hetero) is 3. The number of carbonyl (C=O) groups excluding carboxylic acids is 8. The first-order valence-electron chi connectivity index (χ1n) is 45.7. The maximum atomic E-state index is 14.5. The molecule has 1 aliphatic carbocycles. The lowest BCUT2D eigenvalue weighted by molar-refractivity contribution is -0.167. The van der Waals surface area contributed by atoms with Gasteiger partial charge in [-0.2, -0.15) is 5.10 Å². The number of aromatic nitrogens is 10. The molecular weight excluding hydrogens is 1620 g/mol. The molecule has 32 nitrogen and oxygen atoms in total. The monoisotopic (exact) mass is 1740 g/mol. The van der Waals surface area contributed by atoms with Gasteiger partial charge in [-0.25, -0.2) is 49.2 Å². The Bertz CT molecular complexity index is 5220. The van der Waals surface area contributed by atoms with Crippen LogP contribution in [0.2, 0.25) is 0 Å². The lowest BCUT2D eigenvalue weighted by Gasteiger charge is -2.36. The molecule has 13 heterocycles. The van der Waals surface area contributed by atoms with E-state index in [0.29, 0.717) is 208 Å². The highest BCUT2D eigenvalue weighted by Crippen LogP contribution is 2.37. The quantitative estimate of drug-likeness (QED) is 0.0330. The number of hydrogen-bond donors (Lipinski definition) is 3. The normalized spacial score (nSPS) is 25.9. The van der Waals surface area contributed by atoms with E-state index in [1.54, 1.807) is 56.7 Å². The second kappa shape index (κ2) is 42.2. The molecule has 676 valence electrons. The Morgan fingerprint density at radius 2 is 1.46 bits per heavy atom. The summed E-state index contributed by atoms with van der Waals surface area (Å²) in [4.78, 5) is 161. The number of H-pyrrole nitrogens is 1. The summed E-state index contributed by atoms with van der Waals surface area (Å²) in [7, 11) is 1.64. The van der Waals surface area contributed by atoms with Crippen LogP contribution in [0.25, 0.3) is 33.3 Å². The van der Waals surface area contributed by atoms with Crippen molar-refractivity contribution in [1.29, 1.82) is 0 Å². The van der Waals surface area contributed by atoms with Crippen molar-refractivity contribution < 1.29 is 67.1 Å². The SMILES string of the molecule is CO[C@H]1CC2CCCC(O2)C(=O)C(=O)N2CCCC[C@H]2C(=O)O[C@H](CCC2CCC(OC(=O)N3CCc4nc(N5CCN(C(=O)CCOCCN6CCN(c7ncc(C(=O)N8CCc9cc(Cn%10nc(-c%11cnc%12[nH]ccc%12c%11)c%11c(N)ncnc%11%10)ccc9C8)cn7)CC6)CC5)ncc4C3)CC2)CC(=O)[C@H](C)/C=C(\C)[C@@H](O)CC(=O)[C@H](C)C[C@H](C)/C=C/C=CC=C1C. The summed E-state index contributed by atoms with van der Waals surface area (Å²) in [6.45, 7) is 18.6. The molecule has 1 saturated carbocycles. The van der Waals surface area contributed by atoms with E-state index in [1.165, 1.54) is 16.8 Å². The lowest BCUT2D eigenvalue weighted by atomic mass is 9.83. The van der Waals surface area contributed by atoms with Crippen LogP contribution in [0, 0.1) is 23.7 Å². The fraction of sp³-hybridized carbons (Fsp3) is 0.558. The van der Waals surface area contributed by atoms with E-state index < -0.39 is 54.0 Å². The largest absolute Gasteiger partial charge is 0.460 e. The number of ether oxygens (including phenoxy) is 5. The standard InChI is InChI=1S/C95H122N18O14/c1-60-13-8-7-9-14-61(2)82(123-6)50-74-15-12-17-81(125-74)86(118)91(120)112-31-11-10-16-77(112)92(121)126-75(49-78(114)63(4)46-64(5)80(116)51-79(115)62(3)45-60)25-21-65-19-23-73(24-20-65)127-95(122)111-33-28-76-72(58-111)55-101-94(104-76)109-40-38-107(39-41-109)83(117)29-43-124-44-42-106-34-36-108(37-35-106)93-99-53-71(54-100-93)90(119)110-32-27-67-47-66(18-22-69(67)57-110)56-113-89-84(87(96)102-59-103-89)85(105-113)70-48-68-26-30-97-88(68)98-52-70/h7-9,13-14,18,22,26,30,46-48,52-55,59-60,62-63,65,73-75,77,80-82,116H,10-12,15-17,19-21,23-25,27-29,31-45,49-51,56-58H2,1-6H3,(H,97,98)(H2,96,102,103)/b9-7?,13-8+,61-14?,64-46+/t60-,62-,63-,65?,73?,74?,75-,77+,80+,81?,82+/m1/s1. The Morgan fingerprint density at radius 1 is 0.693 bits per heavy atom. The van der Waals surface area contributed by atoms with E-state index in [-0.39, 0.29) is 85.3 Å². The van der Waals surface area contributed by atoms with Gasteiger partial charge in [0.1, 0.15) is 59.4 Å². The van der Waals surface area contributed by atoms with Gasteiger partial charge in [0.05, 0.1) is 67.7 Å². The second-order valence-electron chi connectivity index (χ2n) is 35.9. The van der Waals surface area contributed by atoms with Crippen molar-refractivity contribution in [3.63, 3.8) is 0 Å². The molecule has 5 fully saturated rings. The zero-order valence-corrected chi connectivity index (χ0v) is 74.1. The maximum absolute atomic E-state index is 14.5. The number of piperazine rings is 2. The van der Waals surface area contributed by atoms with Gasteiger partial charge >= 0.3 is 12.1 Å². The fourth-order valence-electron chi connectivity index (χ4n) is 19.1. The van der Waals surface area contributed by atoms with Gasteiger partial charge in [-0.3, -0.25) is 33.7 Å². The molecule has 1 aromatic carbocycles. The molecular formula is C95H122N18O14. The van der Waals surface area contributed by atoms with E-state index in [9.17, 15) is 43.5 Å². The molecule has 7 aromatic rings. The number of pyridine rings is 1. The number of rotatable bonds is 17. The summed E-state index contributed by atoms with van der Waals surface area (Å²) in [6, 6.07) is 9.32. The third-order valence-electron chi connectivity index (χ3n) is 26.8. The number of benzene rings is 1. The number of aromatic amines is 1. The number of nitrogens with zero attached hydrogens (tertiary/aromatic N) is 16. The van der Waals surface area contributed by atoms with E-state index >= 15 is 0 Å². The maximum Gasteiger partial charge on any atom is 0.410 e. The van der Waals surface area contributed by atoms with Crippen LogP contribution < -0.4 is 15.5 Å². The highest BCUT2D eigenvalue weighted by Gasteiger charge is 2.43. The topological polar surface area (TPSA) is 375 Å². The van der Waals surface area contributed by atoms with Crippen LogP contribution in [0.4, 0.5) is 22.5 Å². The Labute approximate surface area is 741 Å². The molecule has 0 spiro atoms. The third kappa shape index (κ3) is 22.7. The van der Waals surface area contributed by atoms with Crippen molar-refractivity contribution in [2.75, 3.05) is 114 Å². The first kappa shape index (κ1) is 90.7. The molecule has 7 aliphatic heterocycles. The highest BCUT2D eigenvalue weighted by molar-refractivity contribution is 6.38. The second-order valence-corrected chi connectivity index (χ2v) is 35.9. The van der Waals surface area contributed by atoms with Crippen molar-refractivity contribution in [3.8, 4) is 11.3 Å². The zero-order chi connectivity index (χ0) is 88.8. The van der Waals surface area contributed by atoms with Crippen molar-refractivity contribution in [1.82, 2.24) is 74.2 Å². The molecule has 4 saturated heterocycles. The molecule has 15 rings (SSSR count). The summed E-state index contributed by atoms with van der Waals surface area (Å²) in [5.74, 6) is -1.68. The number of ketones is 3. The Hall–Kier alpha value is -11.1. The Morgan fingerprint density at radius 3 is 2.27 bits per heavy atom. The molecule has 9 atom stereocenters. The van der Waals surface area contributed by atoms with Crippen LogP contribution in [-0.2, 0) is 84.9 Å². The number of nitrogens with two attached hydrogens (primary N) is 1. The number of cyclic esters (lactones) is 1. The molecule has 6 aromatic heterocycles. The minimum Gasteiger partial charge on any atom is -0.460 e. The van der Waals surface area contributed by atoms with Crippen LogP contribution in [0.15, 0.2) is 115 Å². The molecule has 127 heavy (non-hydrogen) atoms. The van der Waals surface area contributed by atoms with Gasteiger partial charge in [0.15, 0.2) is 5.65 Å². The predicted octanol–water partition coefficient (Wildman–Crippen LogP) is 10.3. The summed E-state index contributed by atoms with van der Waals surface area (Å²) in [6.07, 6.45) is 26.8. The minimum absolute atomic E-state index is 0.0439. The number of carbonyl (C=O) groups is 8. The van der Waals surface area contributed by atoms with Gasteiger partial charge in [0, 0.05) is 177 Å². The number of aliphatic hydroxyl groups excluding tert-OH is 1. The van der Waals surface area contributed by atoms with Gasteiger partial charge in [-0.1, -0.05) is 75.4 Å². The average molecular weight is 1740 g/mol. The number of hydrogen-bond acceptors (Lipinski definition) is 26. The van der Waals surface area contributed by atoms with E-state index in [4.69, 9.17) is 44.5 Å². The number of aliphatic hydroxyl groups is 1. The first-order valence-corrected chi connectivity index (χ1v) is 45.7. The Balaban J connectivity index is 0.462. The fourth-order valence-corrected chi connectivity index (χ4v) is 19.1. The summed E-state index contributed by atoms with van der Waals surface area (Å²) >= 11 is 0. The third-order valence-corrected chi connectivity index (χ3v) is 26.8. The molecule has 32 heteroatoms. The average Bonchev–Trinajstić information content (AvgIpc) is 1.59. The zero-order valence-electron chi connectivity index (χ0n) is 74.1. The van der Waals surface area contributed by atoms with Crippen LogP contribution in [0.5, 0.6) is 0 Å². The summed E-state index contributed by atoms with van der Waals surface area (Å²) < 4.78 is 32.6. The molecule has 4 N–H and O–H groups in total. The van der Waals surface area contributed by atoms with Crippen molar-refractivity contribution >= 4 is 86.9 Å². The molecule has 8 aliphatic rings. The van der Waals surface area contributed by atoms with Crippen LogP contribution in [0.3, 0.4) is 0 Å². The Kier molecular flexibility index (Phi) is 30.2. The van der Waals surface area contributed by atoms with Gasteiger partial charge in [-0.05, 0) is 156 Å². The minimum atomic E-state index is -1.09. The summed E-state index contributed by atoms with van der Waals surface area (Å²) in [5.41, 5.74) is 16.3. The highest BCUT2D eigenvalue weighted by atomic mass is 16.6. The number of nitrogens with one attached hydrogen (secondary N) is 1. The number of methoxy groups -OCH3 is 1. The molecule has 4 amide bonds. The van der Waals surface area contributed by atoms with Crippen molar-refractivity contribution in [2.24, 2.45) is 23.7 Å². The predicted molar refractivity (Wildman–Crippen MR) is 477 cm³/mol. The number of anilines is 3. The lowest BCUT2D eigenvalue weighted by Crippen LogP contribution is -2.54. The van der Waals surface area contributed by atoms with Gasteiger partial charge in [-0.15, -0.1) is 0 Å². The molecule has 2 unspecified atom stereocenters. The number of allylic oxidation sites excluding steroid dienone is 6. The van der Waals surface area contributed by atoms with Gasteiger partial charge in [0.25, 0.3) is 11.8 Å². The number of esters is 1. The van der Waals surface area contributed by atoms with Crippen LogP contribution >= 0.6 is 0 Å². The van der Waals surface area contributed by atoms with Crippen molar-refractivity contribution in [3.05, 3.63) is 149 Å². The van der Waals surface area contributed by atoms with Crippen LogP contribution in [-0.4, -0.2) is 268 Å².